The predicted molar refractivity (Wildman–Crippen MR) is 436 cm³/mol. The molecule has 10 aromatic carbocycles. The standard InChI is InChI=1S/C24H21N3O2.C24H21N3O.2C18H18N4O3S/c1-28-23-11-10-17(14-22(23)25)18-12-13-26-24(15-18)27-19-6-5-9-21(16-19)29-20-7-3-2-4-8-20;1-28-23-11-10-19(15-22(23)25)20-12-13-26-24(16-20)27-21-9-5-8-18(14-21)17-6-3-2-4-7-17;1-25-17-7-2-12(10-16(17)19)13-8-9-21-18(11-13)22-14-3-5-15(6-4-14)26(20,23)24;1-25-17-6-5-12(9-16(17)19)13-7-8-21-18(10-13)22-14-3-2-4-15(11-14)26(20,23)24/h2-16H,25H2,1H3,(H,26,27);2-16H,25H2,1H3,(H,26,27);2*2-11H,19H2,1H3,(H,21,22)(H2,20,23,24). The summed E-state index contributed by atoms with van der Waals surface area (Å²) >= 11 is 0. The van der Waals surface area contributed by atoms with Crippen molar-refractivity contribution < 1.29 is 40.5 Å². The maximum atomic E-state index is 11.5. The number of nitrogens with two attached hydrogens (primary N) is 6. The summed E-state index contributed by atoms with van der Waals surface area (Å²) in [6.07, 6.45) is 6.89. The Hall–Kier alpha value is -14.0. The molecule has 25 heteroatoms. The van der Waals surface area contributed by atoms with E-state index in [4.69, 9.17) is 56.9 Å². The molecule has 0 saturated heterocycles. The molecule has 14 aromatic rings. The number of aromatic nitrogens is 4. The van der Waals surface area contributed by atoms with Gasteiger partial charge < -0.3 is 67.9 Å². The summed E-state index contributed by atoms with van der Waals surface area (Å²) in [5.74, 6) is 6.79. The number of pyridine rings is 4. The van der Waals surface area contributed by atoms with Crippen molar-refractivity contribution >= 4 is 88.8 Å². The lowest BCUT2D eigenvalue weighted by molar-refractivity contribution is 0.417. The zero-order chi connectivity index (χ0) is 76.9. The number of hydrogen-bond acceptors (Lipinski definition) is 21. The number of para-hydroxylation sites is 1. The van der Waals surface area contributed by atoms with Crippen LogP contribution in [-0.2, 0) is 20.0 Å². The molecular formula is C84H78N14O9S2. The quantitative estimate of drug-likeness (QED) is 0.0299. The van der Waals surface area contributed by atoms with Gasteiger partial charge in [0, 0.05) is 53.6 Å². The Morgan fingerprint density at radius 1 is 0.266 bits per heavy atom. The first-order chi connectivity index (χ1) is 52.7. The molecule has 14 rings (SSSR count). The molecule has 0 aliphatic carbocycles. The fourth-order valence-corrected chi connectivity index (χ4v) is 12.2. The average molecular weight is 1490 g/mol. The molecule has 0 aliphatic rings. The van der Waals surface area contributed by atoms with E-state index in [2.05, 4.69) is 65.5 Å². The molecule has 4 heterocycles. The Labute approximate surface area is 632 Å². The van der Waals surface area contributed by atoms with E-state index in [0.29, 0.717) is 68.8 Å². The summed E-state index contributed by atoms with van der Waals surface area (Å²) in [7, 11) is -1.12. The second kappa shape index (κ2) is 35.7. The van der Waals surface area contributed by atoms with Gasteiger partial charge in [-0.05, 0) is 232 Å². The van der Waals surface area contributed by atoms with E-state index >= 15 is 0 Å². The number of primary sulfonamides is 2. The molecule has 23 nitrogen and oxygen atoms in total. The zero-order valence-electron chi connectivity index (χ0n) is 59.6. The van der Waals surface area contributed by atoms with Crippen molar-refractivity contribution in [2.75, 3.05) is 72.6 Å². The first-order valence-electron chi connectivity index (χ1n) is 33.6. The number of sulfonamides is 2. The van der Waals surface area contributed by atoms with E-state index in [1.54, 1.807) is 83.6 Å². The summed E-state index contributed by atoms with van der Waals surface area (Å²) in [5.41, 5.74) is 39.5. The van der Waals surface area contributed by atoms with E-state index in [9.17, 15) is 16.8 Å². The fraction of sp³-hybridized carbons (Fsp3) is 0.0476. The van der Waals surface area contributed by atoms with Gasteiger partial charge in [0.15, 0.2) is 0 Å². The summed E-state index contributed by atoms with van der Waals surface area (Å²) < 4.78 is 72.3. The molecule has 550 valence electrons. The van der Waals surface area contributed by atoms with Crippen molar-refractivity contribution in [3.8, 4) is 90.1 Å². The van der Waals surface area contributed by atoms with Crippen LogP contribution in [0.5, 0.6) is 34.5 Å². The highest BCUT2D eigenvalue weighted by Crippen LogP contribution is 2.36. The smallest absolute Gasteiger partial charge is 0.238 e. The molecule has 4 aromatic heterocycles. The van der Waals surface area contributed by atoms with Crippen molar-refractivity contribution in [1.82, 2.24) is 19.9 Å². The van der Waals surface area contributed by atoms with E-state index in [-0.39, 0.29) is 9.79 Å². The van der Waals surface area contributed by atoms with Crippen LogP contribution in [0.3, 0.4) is 0 Å². The summed E-state index contributed by atoms with van der Waals surface area (Å²) in [6, 6.07) is 86.3. The normalized spacial score (nSPS) is 10.8. The van der Waals surface area contributed by atoms with Crippen LogP contribution in [-0.4, -0.2) is 65.2 Å². The Balaban J connectivity index is 0.000000145. The second-order valence-electron chi connectivity index (χ2n) is 24.1. The Bertz CT molecular complexity index is 5700. The molecule has 0 bridgehead atoms. The van der Waals surface area contributed by atoms with Crippen molar-refractivity contribution in [2.45, 2.75) is 9.79 Å². The molecule has 0 aliphatic heterocycles. The highest BCUT2D eigenvalue weighted by atomic mass is 32.2. The molecule has 0 amide bonds. The molecule has 0 spiro atoms. The highest BCUT2D eigenvalue weighted by molar-refractivity contribution is 7.89. The molecule has 109 heavy (non-hydrogen) atoms. The van der Waals surface area contributed by atoms with Gasteiger partial charge in [0.2, 0.25) is 20.0 Å². The SMILES string of the molecule is COc1ccc(-c2ccnc(Nc3ccc(S(N)(=O)=O)cc3)c2)cc1N.COc1ccc(-c2ccnc(Nc3cccc(-c4ccccc4)c3)c2)cc1N.COc1ccc(-c2ccnc(Nc3cccc(Oc4ccccc4)c3)c2)cc1N.COc1ccc(-c2ccnc(Nc3cccc(S(N)(=O)=O)c3)c2)cc1N. The van der Waals surface area contributed by atoms with Crippen molar-refractivity contribution in [1.29, 1.82) is 0 Å². The van der Waals surface area contributed by atoms with Gasteiger partial charge in [-0.1, -0.05) is 97.1 Å². The number of benzene rings is 10. The maximum Gasteiger partial charge on any atom is 0.238 e. The van der Waals surface area contributed by atoms with Crippen LogP contribution in [0.15, 0.2) is 314 Å². The lowest BCUT2D eigenvalue weighted by Gasteiger charge is -2.11. The monoisotopic (exact) mass is 1490 g/mol. The zero-order valence-corrected chi connectivity index (χ0v) is 61.2. The van der Waals surface area contributed by atoms with Crippen LogP contribution >= 0.6 is 0 Å². The molecule has 0 unspecified atom stereocenters. The highest BCUT2D eigenvalue weighted by Gasteiger charge is 2.14. The number of nitrogens with zero attached hydrogens (tertiary/aromatic N) is 4. The maximum absolute atomic E-state index is 11.5. The average Bonchev–Trinajstić information content (AvgIpc) is 0.845. The number of nitrogen functional groups attached to an aromatic ring is 4. The van der Waals surface area contributed by atoms with Gasteiger partial charge in [0.05, 0.1) is 61.0 Å². The lowest BCUT2D eigenvalue weighted by Crippen LogP contribution is -2.12. The minimum atomic E-state index is -3.77. The van der Waals surface area contributed by atoms with E-state index in [1.807, 2.05) is 200 Å². The largest absolute Gasteiger partial charge is 0.495 e. The molecule has 0 radical (unpaired) electrons. The summed E-state index contributed by atoms with van der Waals surface area (Å²) in [5, 5.41) is 23.2. The second-order valence-corrected chi connectivity index (χ2v) is 27.2. The van der Waals surface area contributed by atoms with E-state index < -0.39 is 20.0 Å². The third-order valence-electron chi connectivity index (χ3n) is 16.5. The van der Waals surface area contributed by atoms with Gasteiger partial charge in [0.1, 0.15) is 57.8 Å². The van der Waals surface area contributed by atoms with E-state index in [1.165, 1.54) is 29.8 Å². The molecule has 0 atom stereocenters. The van der Waals surface area contributed by atoms with Gasteiger partial charge in [0.25, 0.3) is 0 Å². The third-order valence-corrected chi connectivity index (χ3v) is 18.3. The predicted octanol–water partition coefficient (Wildman–Crippen LogP) is 17.1. The van der Waals surface area contributed by atoms with Gasteiger partial charge in [-0.15, -0.1) is 0 Å². The van der Waals surface area contributed by atoms with Gasteiger partial charge in [-0.3, -0.25) is 0 Å². The minimum Gasteiger partial charge on any atom is -0.495 e. The van der Waals surface area contributed by atoms with Gasteiger partial charge in [-0.2, -0.15) is 0 Å². The number of hydrogen-bond donors (Lipinski definition) is 10. The molecule has 0 saturated carbocycles. The number of nitrogens with one attached hydrogen (secondary N) is 4. The van der Waals surface area contributed by atoms with Gasteiger partial charge in [-0.25, -0.2) is 47.0 Å². The van der Waals surface area contributed by atoms with Gasteiger partial charge >= 0.3 is 0 Å². The summed E-state index contributed by atoms with van der Waals surface area (Å²) in [4.78, 5) is 17.5. The fourth-order valence-electron chi connectivity index (χ4n) is 11.1. The molecular weight excluding hydrogens is 1410 g/mol. The Morgan fingerprint density at radius 3 is 0.954 bits per heavy atom. The van der Waals surface area contributed by atoms with Crippen LogP contribution in [0, 0.1) is 0 Å². The van der Waals surface area contributed by atoms with Crippen LogP contribution in [0.4, 0.5) is 68.8 Å². The molecule has 0 fully saturated rings. The first-order valence-corrected chi connectivity index (χ1v) is 36.7. The Kier molecular flexibility index (Phi) is 24.9. The van der Waals surface area contributed by atoms with Crippen LogP contribution in [0.2, 0.25) is 0 Å². The number of anilines is 12. The van der Waals surface area contributed by atoms with Crippen LogP contribution in [0.25, 0.3) is 55.6 Å². The van der Waals surface area contributed by atoms with Crippen LogP contribution < -0.4 is 78.2 Å². The van der Waals surface area contributed by atoms with Crippen molar-refractivity contribution in [3.63, 3.8) is 0 Å². The first kappa shape index (κ1) is 76.2. The van der Waals surface area contributed by atoms with E-state index in [0.717, 1.165) is 84.6 Å². The number of methoxy groups -OCH3 is 4. The number of ether oxygens (including phenoxy) is 5. The lowest BCUT2D eigenvalue weighted by atomic mass is 10.0. The molecule has 16 N–H and O–H groups in total. The van der Waals surface area contributed by atoms with Crippen LogP contribution in [0.1, 0.15) is 0 Å². The van der Waals surface area contributed by atoms with Crippen molar-refractivity contribution in [2.24, 2.45) is 10.3 Å². The topological polar surface area (TPSA) is 370 Å². The number of rotatable bonds is 21. The summed E-state index contributed by atoms with van der Waals surface area (Å²) in [6.45, 7) is 0. The minimum absolute atomic E-state index is 0.0292. The van der Waals surface area contributed by atoms with Crippen molar-refractivity contribution in [3.05, 3.63) is 304 Å². The Morgan fingerprint density at radius 2 is 0.578 bits per heavy atom. The third kappa shape index (κ3) is 21.1.